The molecule has 2 saturated carbocycles. The van der Waals surface area contributed by atoms with Gasteiger partial charge in [-0.15, -0.1) is 0 Å². The zero-order valence-corrected chi connectivity index (χ0v) is 10.8. The van der Waals surface area contributed by atoms with Gasteiger partial charge in [0.1, 0.15) is 0 Å². The van der Waals surface area contributed by atoms with Gasteiger partial charge in [0.05, 0.1) is 0 Å². The van der Waals surface area contributed by atoms with Crippen LogP contribution in [0.3, 0.4) is 0 Å². The van der Waals surface area contributed by atoms with Crippen LogP contribution in [0.15, 0.2) is 12.2 Å². The Balaban J connectivity index is 2.04. The summed E-state index contributed by atoms with van der Waals surface area (Å²) in [5.74, 6) is 2.16. The lowest BCUT2D eigenvalue weighted by Gasteiger charge is -2.53. The molecule has 2 aliphatic rings. The second-order valence-electron chi connectivity index (χ2n) is 6.58. The molecule has 1 heteroatoms. The van der Waals surface area contributed by atoms with Crippen LogP contribution in [-0.2, 0) is 0 Å². The van der Waals surface area contributed by atoms with E-state index < -0.39 is 0 Å². The van der Waals surface area contributed by atoms with Gasteiger partial charge >= 0.3 is 0 Å². The van der Waals surface area contributed by atoms with Gasteiger partial charge in [0, 0.05) is 6.61 Å². The quantitative estimate of drug-likeness (QED) is 0.669. The van der Waals surface area contributed by atoms with Crippen LogP contribution in [-0.4, -0.2) is 11.7 Å². The summed E-state index contributed by atoms with van der Waals surface area (Å²) in [6.07, 6.45) is 7.45. The normalized spacial score (nSPS) is 38.9. The van der Waals surface area contributed by atoms with Crippen LogP contribution in [0, 0.1) is 23.2 Å². The number of allylic oxidation sites excluding steroid dienone is 1. The molecule has 1 N–H and O–H groups in total. The van der Waals surface area contributed by atoms with Crippen LogP contribution in [0.4, 0.5) is 0 Å². The van der Waals surface area contributed by atoms with Crippen molar-refractivity contribution in [2.24, 2.45) is 23.2 Å². The van der Waals surface area contributed by atoms with E-state index in [4.69, 9.17) is 0 Å². The van der Waals surface area contributed by atoms with Gasteiger partial charge in [-0.3, -0.25) is 0 Å². The highest BCUT2D eigenvalue weighted by atomic mass is 16.3. The van der Waals surface area contributed by atoms with E-state index in [-0.39, 0.29) is 0 Å². The van der Waals surface area contributed by atoms with Crippen molar-refractivity contribution in [2.75, 3.05) is 6.61 Å². The zero-order chi connectivity index (χ0) is 11.8. The molecule has 16 heavy (non-hydrogen) atoms. The van der Waals surface area contributed by atoms with Crippen molar-refractivity contribution in [3.63, 3.8) is 0 Å². The molecule has 0 radical (unpaired) electrons. The second-order valence-corrected chi connectivity index (χ2v) is 6.58. The minimum atomic E-state index is 0.379. The largest absolute Gasteiger partial charge is 0.396 e. The SMILES string of the molecule is C=C1CCC[C@H](CO)CC[C@@H]2[C@@H]1CC2(C)C. The van der Waals surface area contributed by atoms with Crippen LogP contribution >= 0.6 is 0 Å². The van der Waals surface area contributed by atoms with Gasteiger partial charge in [0.2, 0.25) is 0 Å². The molecule has 0 saturated heterocycles. The van der Waals surface area contributed by atoms with Gasteiger partial charge < -0.3 is 5.11 Å². The Kier molecular flexibility index (Phi) is 3.44. The van der Waals surface area contributed by atoms with Crippen molar-refractivity contribution in [1.82, 2.24) is 0 Å². The standard InChI is InChI=1S/C15H26O/c1-11-5-4-6-12(10-16)7-8-14-13(11)9-15(14,2)3/h12-14,16H,1,4-10H2,2-3H3/t12-,13+,14+/m0/s1. The zero-order valence-electron chi connectivity index (χ0n) is 10.8. The van der Waals surface area contributed by atoms with Gasteiger partial charge in [0.25, 0.3) is 0 Å². The average Bonchev–Trinajstić information content (AvgIpc) is 2.28. The maximum atomic E-state index is 9.34. The summed E-state index contributed by atoms with van der Waals surface area (Å²) in [6.45, 7) is 9.47. The number of aliphatic hydroxyl groups excluding tert-OH is 1. The maximum absolute atomic E-state index is 9.34. The van der Waals surface area contributed by atoms with Crippen LogP contribution in [0.25, 0.3) is 0 Å². The van der Waals surface area contributed by atoms with Crippen molar-refractivity contribution in [3.05, 3.63) is 12.2 Å². The first-order valence-electron chi connectivity index (χ1n) is 6.83. The first-order chi connectivity index (χ1) is 7.54. The van der Waals surface area contributed by atoms with Crippen molar-refractivity contribution >= 4 is 0 Å². The number of fused-ring (bicyclic) bond motifs is 1. The summed E-state index contributed by atoms with van der Waals surface area (Å²) in [6, 6.07) is 0. The Labute approximate surface area is 99.9 Å². The summed E-state index contributed by atoms with van der Waals surface area (Å²) in [7, 11) is 0. The molecule has 2 aliphatic carbocycles. The fourth-order valence-electron chi connectivity index (χ4n) is 3.81. The van der Waals surface area contributed by atoms with Gasteiger partial charge in [-0.25, -0.2) is 0 Å². The molecule has 0 heterocycles. The van der Waals surface area contributed by atoms with E-state index in [0.717, 1.165) is 11.8 Å². The fourth-order valence-corrected chi connectivity index (χ4v) is 3.81. The fraction of sp³-hybridized carbons (Fsp3) is 0.867. The van der Waals surface area contributed by atoms with E-state index in [9.17, 15) is 5.11 Å². The number of aliphatic hydroxyl groups is 1. The van der Waals surface area contributed by atoms with Crippen molar-refractivity contribution in [1.29, 1.82) is 0 Å². The predicted octanol–water partition coefficient (Wildman–Crippen LogP) is 3.78. The molecule has 1 nitrogen and oxygen atoms in total. The van der Waals surface area contributed by atoms with Gasteiger partial charge in [-0.2, -0.15) is 0 Å². The summed E-state index contributed by atoms with van der Waals surface area (Å²) in [5.41, 5.74) is 2.00. The van der Waals surface area contributed by atoms with E-state index in [1.54, 1.807) is 0 Å². The Bertz CT molecular complexity index is 267. The first kappa shape index (κ1) is 12.2. The molecule has 3 atom stereocenters. The molecular weight excluding hydrogens is 196 g/mol. The molecule has 0 unspecified atom stereocenters. The number of hydrogen-bond donors (Lipinski definition) is 1. The highest BCUT2D eigenvalue weighted by Crippen LogP contribution is 2.56. The lowest BCUT2D eigenvalue weighted by atomic mass is 9.52. The maximum Gasteiger partial charge on any atom is 0.0459 e. The Morgan fingerprint density at radius 2 is 2.06 bits per heavy atom. The van der Waals surface area contributed by atoms with Crippen LogP contribution in [0.1, 0.15) is 52.4 Å². The Morgan fingerprint density at radius 3 is 2.69 bits per heavy atom. The van der Waals surface area contributed by atoms with E-state index in [1.165, 1.54) is 44.1 Å². The third-order valence-corrected chi connectivity index (χ3v) is 5.01. The molecule has 0 aromatic carbocycles. The van der Waals surface area contributed by atoms with Crippen molar-refractivity contribution in [2.45, 2.75) is 52.4 Å². The lowest BCUT2D eigenvalue weighted by Crippen LogP contribution is -2.44. The predicted molar refractivity (Wildman–Crippen MR) is 68.2 cm³/mol. The number of hydrogen-bond acceptors (Lipinski definition) is 1. The molecule has 2 rings (SSSR count). The van der Waals surface area contributed by atoms with Crippen LogP contribution in [0.5, 0.6) is 0 Å². The van der Waals surface area contributed by atoms with Gasteiger partial charge in [-0.1, -0.05) is 26.0 Å². The van der Waals surface area contributed by atoms with E-state index in [1.807, 2.05) is 0 Å². The summed E-state index contributed by atoms with van der Waals surface area (Å²) in [4.78, 5) is 0. The number of rotatable bonds is 1. The minimum absolute atomic E-state index is 0.379. The smallest absolute Gasteiger partial charge is 0.0459 e. The molecule has 0 aromatic rings. The molecule has 0 spiro atoms. The van der Waals surface area contributed by atoms with E-state index >= 15 is 0 Å². The highest BCUT2D eigenvalue weighted by molar-refractivity contribution is 5.13. The average molecular weight is 222 g/mol. The third-order valence-electron chi connectivity index (χ3n) is 5.01. The van der Waals surface area contributed by atoms with Gasteiger partial charge in [-0.05, 0) is 61.7 Å². The molecule has 2 fully saturated rings. The first-order valence-corrected chi connectivity index (χ1v) is 6.83. The van der Waals surface area contributed by atoms with Crippen LogP contribution in [0.2, 0.25) is 0 Å². The molecule has 92 valence electrons. The summed E-state index contributed by atoms with van der Waals surface area (Å²) >= 11 is 0. The van der Waals surface area contributed by atoms with E-state index in [2.05, 4.69) is 20.4 Å². The summed E-state index contributed by atoms with van der Waals surface area (Å²) < 4.78 is 0. The van der Waals surface area contributed by atoms with Crippen molar-refractivity contribution < 1.29 is 5.11 Å². The van der Waals surface area contributed by atoms with Crippen molar-refractivity contribution in [3.8, 4) is 0 Å². The third kappa shape index (κ3) is 2.20. The molecule has 0 aliphatic heterocycles. The molecule has 0 aromatic heterocycles. The Morgan fingerprint density at radius 1 is 1.31 bits per heavy atom. The summed E-state index contributed by atoms with van der Waals surface area (Å²) in [5, 5.41) is 9.34. The molecular formula is C15H26O. The van der Waals surface area contributed by atoms with E-state index in [0.29, 0.717) is 17.9 Å². The molecule has 0 amide bonds. The highest BCUT2D eigenvalue weighted by Gasteiger charge is 2.47. The van der Waals surface area contributed by atoms with Crippen LogP contribution < -0.4 is 0 Å². The van der Waals surface area contributed by atoms with Gasteiger partial charge in [0.15, 0.2) is 0 Å². The second kappa shape index (κ2) is 4.52. The minimum Gasteiger partial charge on any atom is -0.396 e. The Hall–Kier alpha value is -0.300. The monoisotopic (exact) mass is 222 g/mol. The lowest BCUT2D eigenvalue weighted by molar-refractivity contribution is -0.000872. The topological polar surface area (TPSA) is 20.2 Å². The molecule has 0 bridgehead atoms.